The molecule has 0 fully saturated rings. The first kappa shape index (κ1) is 14.5. The number of aliphatic carboxylic acids is 1. The fourth-order valence-electron chi connectivity index (χ4n) is 1.82. The molecule has 0 aliphatic rings. The van der Waals surface area contributed by atoms with E-state index in [-0.39, 0.29) is 5.92 Å². The van der Waals surface area contributed by atoms with Crippen molar-refractivity contribution < 1.29 is 9.90 Å². The molecule has 0 amide bonds. The van der Waals surface area contributed by atoms with Crippen molar-refractivity contribution in [2.45, 2.75) is 13.5 Å². The summed E-state index contributed by atoms with van der Waals surface area (Å²) in [6.45, 7) is 3.06. The van der Waals surface area contributed by atoms with Crippen molar-refractivity contribution in [2.24, 2.45) is 5.92 Å². The molecule has 0 heterocycles. The molecule has 0 bridgehead atoms. The van der Waals surface area contributed by atoms with Gasteiger partial charge in [0.15, 0.2) is 0 Å². The van der Waals surface area contributed by atoms with E-state index < -0.39 is 5.97 Å². The minimum absolute atomic E-state index is 0.337. The Morgan fingerprint density at radius 2 is 1.78 bits per heavy atom. The molecule has 0 saturated heterocycles. The van der Waals surface area contributed by atoms with Crippen molar-refractivity contribution in [3.63, 3.8) is 0 Å². The molecular weight excluding hydrogens is 228 g/mol. The van der Waals surface area contributed by atoms with E-state index in [1.807, 2.05) is 26.0 Å². The normalized spacial score (nSPS) is 12.5. The van der Waals surface area contributed by atoms with Gasteiger partial charge < -0.3 is 14.9 Å². The molecule has 100 valence electrons. The first-order valence-corrected chi connectivity index (χ1v) is 6.07. The van der Waals surface area contributed by atoms with Crippen LogP contribution in [0.25, 0.3) is 0 Å². The monoisotopic (exact) mass is 250 g/mol. The van der Waals surface area contributed by atoms with Gasteiger partial charge in [0, 0.05) is 32.9 Å². The lowest BCUT2D eigenvalue weighted by molar-refractivity contribution is -0.141. The van der Waals surface area contributed by atoms with Crippen LogP contribution in [-0.2, 0) is 11.3 Å². The third kappa shape index (κ3) is 4.37. The summed E-state index contributed by atoms with van der Waals surface area (Å²) in [7, 11) is 5.96. The van der Waals surface area contributed by atoms with Crippen molar-refractivity contribution in [1.29, 1.82) is 0 Å². The van der Waals surface area contributed by atoms with E-state index in [0.29, 0.717) is 6.54 Å². The smallest absolute Gasteiger partial charge is 0.307 e. The van der Waals surface area contributed by atoms with Crippen molar-refractivity contribution in [3.8, 4) is 0 Å². The van der Waals surface area contributed by atoms with Crippen LogP contribution < -0.4 is 4.90 Å². The quantitative estimate of drug-likeness (QED) is 0.837. The molecule has 0 spiro atoms. The second-order valence-corrected chi connectivity index (χ2v) is 5.00. The molecule has 1 aromatic rings. The fraction of sp³-hybridized carbons (Fsp3) is 0.500. The zero-order valence-electron chi connectivity index (χ0n) is 11.6. The Bertz CT molecular complexity index is 387. The Kier molecular flexibility index (Phi) is 5.16. The van der Waals surface area contributed by atoms with Gasteiger partial charge in [0.25, 0.3) is 0 Å². The van der Waals surface area contributed by atoms with Gasteiger partial charge in [-0.05, 0) is 24.7 Å². The third-order valence-corrected chi connectivity index (χ3v) is 2.91. The van der Waals surface area contributed by atoms with Crippen molar-refractivity contribution in [2.75, 3.05) is 32.6 Å². The van der Waals surface area contributed by atoms with Crippen LogP contribution in [0.3, 0.4) is 0 Å². The van der Waals surface area contributed by atoms with Gasteiger partial charge in [-0.2, -0.15) is 0 Å². The second kappa shape index (κ2) is 6.40. The van der Waals surface area contributed by atoms with Gasteiger partial charge in [-0.25, -0.2) is 0 Å². The molecule has 0 aliphatic carbocycles. The van der Waals surface area contributed by atoms with Crippen LogP contribution in [0.4, 0.5) is 5.69 Å². The average molecular weight is 250 g/mol. The summed E-state index contributed by atoms with van der Waals surface area (Å²) in [6, 6.07) is 8.31. The summed E-state index contributed by atoms with van der Waals surface area (Å²) < 4.78 is 0. The molecule has 4 nitrogen and oxygen atoms in total. The van der Waals surface area contributed by atoms with Crippen LogP contribution in [-0.4, -0.2) is 43.7 Å². The van der Waals surface area contributed by atoms with Gasteiger partial charge in [0.05, 0.1) is 5.92 Å². The molecule has 1 rings (SSSR count). The highest BCUT2D eigenvalue weighted by atomic mass is 16.4. The van der Waals surface area contributed by atoms with Crippen LogP contribution in [0.2, 0.25) is 0 Å². The van der Waals surface area contributed by atoms with Crippen LogP contribution in [0.5, 0.6) is 0 Å². The highest BCUT2D eigenvalue weighted by Gasteiger charge is 2.13. The number of benzene rings is 1. The lowest BCUT2D eigenvalue weighted by Crippen LogP contribution is -2.28. The summed E-state index contributed by atoms with van der Waals surface area (Å²) in [6.07, 6.45) is 0. The van der Waals surface area contributed by atoms with E-state index in [1.165, 1.54) is 11.3 Å². The Hall–Kier alpha value is -1.55. The number of anilines is 1. The number of hydrogen-bond donors (Lipinski definition) is 1. The highest BCUT2D eigenvalue weighted by Crippen LogP contribution is 2.13. The molecule has 4 heteroatoms. The van der Waals surface area contributed by atoms with Gasteiger partial charge in [-0.3, -0.25) is 4.79 Å². The van der Waals surface area contributed by atoms with E-state index >= 15 is 0 Å². The Balaban J connectivity index is 2.54. The predicted octanol–water partition coefficient (Wildman–Crippen LogP) is 1.91. The Labute approximate surface area is 109 Å². The average Bonchev–Trinajstić information content (AvgIpc) is 2.29. The number of carbonyl (C=O) groups is 1. The minimum atomic E-state index is -0.746. The van der Waals surface area contributed by atoms with Crippen molar-refractivity contribution >= 4 is 11.7 Å². The molecule has 18 heavy (non-hydrogen) atoms. The number of carboxylic acid groups (broad SMARTS) is 1. The van der Waals surface area contributed by atoms with E-state index in [1.54, 1.807) is 6.92 Å². The van der Waals surface area contributed by atoms with Crippen molar-refractivity contribution in [3.05, 3.63) is 29.8 Å². The largest absolute Gasteiger partial charge is 0.481 e. The van der Waals surface area contributed by atoms with Gasteiger partial charge in [0.1, 0.15) is 0 Å². The summed E-state index contributed by atoms with van der Waals surface area (Å²) >= 11 is 0. The summed E-state index contributed by atoms with van der Waals surface area (Å²) in [5.41, 5.74) is 2.36. The molecule has 1 unspecified atom stereocenters. The zero-order valence-corrected chi connectivity index (χ0v) is 11.6. The fourth-order valence-corrected chi connectivity index (χ4v) is 1.82. The van der Waals surface area contributed by atoms with Crippen molar-refractivity contribution in [1.82, 2.24) is 4.90 Å². The lowest BCUT2D eigenvalue weighted by Gasteiger charge is -2.19. The first-order valence-electron chi connectivity index (χ1n) is 6.07. The third-order valence-electron chi connectivity index (χ3n) is 2.91. The maximum absolute atomic E-state index is 10.8. The molecule has 1 atom stereocenters. The van der Waals surface area contributed by atoms with Crippen LogP contribution in [0.1, 0.15) is 12.5 Å². The highest BCUT2D eigenvalue weighted by molar-refractivity contribution is 5.69. The summed E-state index contributed by atoms with van der Waals surface area (Å²) in [4.78, 5) is 14.9. The Morgan fingerprint density at radius 1 is 1.22 bits per heavy atom. The molecule has 0 saturated carbocycles. The van der Waals surface area contributed by atoms with E-state index in [0.717, 1.165) is 6.54 Å². The van der Waals surface area contributed by atoms with Gasteiger partial charge in [-0.1, -0.05) is 19.1 Å². The molecule has 0 radical (unpaired) electrons. The topological polar surface area (TPSA) is 43.8 Å². The molecule has 1 N–H and O–H groups in total. The standard InChI is InChI=1S/C14H22N2O2/c1-11(14(17)18)9-16(4)10-12-5-7-13(8-6-12)15(2)3/h5-8,11H,9-10H2,1-4H3,(H,17,18). The van der Waals surface area contributed by atoms with Gasteiger partial charge >= 0.3 is 5.97 Å². The predicted molar refractivity (Wildman–Crippen MR) is 73.9 cm³/mol. The van der Waals surface area contributed by atoms with E-state index in [9.17, 15) is 4.79 Å². The van der Waals surface area contributed by atoms with Crippen LogP contribution in [0.15, 0.2) is 24.3 Å². The number of hydrogen-bond acceptors (Lipinski definition) is 3. The molecular formula is C14H22N2O2. The maximum Gasteiger partial charge on any atom is 0.307 e. The van der Waals surface area contributed by atoms with E-state index in [4.69, 9.17) is 5.11 Å². The summed E-state index contributed by atoms with van der Waals surface area (Å²) in [5, 5.41) is 8.86. The lowest BCUT2D eigenvalue weighted by atomic mass is 10.1. The van der Waals surface area contributed by atoms with E-state index in [2.05, 4.69) is 29.2 Å². The van der Waals surface area contributed by atoms with Crippen LogP contribution >= 0.6 is 0 Å². The second-order valence-electron chi connectivity index (χ2n) is 5.00. The number of carboxylic acids is 1. The SMILES string of the molecule is CC(CN(C)Cc1ccc(N(C)C)cc1)C(=O)O. The first-order chi connectivity index (χ1) is 8.40. The van der Waals surface area contributed by atoms with Gasteiger partial charge in [0.2, 0.25) is 0 Å². The molecule has 0 aromatic heterocycles. The summed E-state index contributed by atoms with van der Waals surface area (Å²) in [5.74, 6) is -1.08. The molecule has 0 aliphatic heterocycles. The number of rotatable bonds is 6. The minimum Gasteiger partial charge on any atom is -0.481 e. The maximum atomic E-state index is 10.8. The van der Waals surface area contributed by atoms with Crippen LogP contribution in [0, 0.1) is 5.92 Å². The molecule has 1 aromatic carbocycles. The zero-order chi connectivity index (χ0) is 13.7. The number of nitrogens with zero attached hydrogens (tertiary/aromatic N) is 2. The van der Waals surface area contributed by atoms with Gasteiger partial charge in [-0.15, -0.1) is 0 Å². The Morgan fingerprint density at radius 3 is 2.22 bits per heavy atom.